The molecule has 0 saturated heterocycles. The molecule has 5 aromatic carbocycles. The molecule has 0 N–H and O–H groups in total. The molecule has 0 atom stereocenters. The molecule has 0 unspecified atom stereocenters. The predicted molar refractivity (Wildman–Crippen MR) is 212 cm³/mol. The number of alkyl halides is 1. The third-order valence-electron chi connectivity index (χ3n) is 8.57. The lowest BCUT2D eigenvalue weighted by Crippen LogP contribution is -2.15. The first kappa shape index (κ1) is 35.3. The van der Waals surface area contributed by atoms with E-state index in [9.17, 15) is 0 Å². The third-order valence-corrected chi connectivity index (χ3v) is 9.46. The molecule has 0 radical (unpaired) electrons. The van der Waals surface area contributed by atoms with Crippen LogP contribution in [0.25, 0.3) is 0 Å². The average molecular weight is 723 g/mol. The van der Waals surface area contributed by atoms with E-state index in [1.807, 2.05) is 13.8 Å². The number of nitrogens with zero attached hydrogens (tertiary/aromatic N) is 2. The highest BCUT2D eigenvalue weighted by molar-refractivity contribution is 14.1. The van der Waals surface area contributed by atoms with Crippen molar-refractivity contribution in [1.82, 2.24) is 0 Å². The van der Waals surface area contributed by atoms with Crippen LogP contribution in [0.1, 0.15) is 79.5 Å². The molecule has 0 amide bonds. The highest BCUT2D eigenvalue weighted by Crippen LogP contribution is 2.43. The smallest absolute Gasteiger partial charge is 0.0520 e. The Kier molecular flexibility index (Phi) is 12.9. The van der Waals surface area contributed by atoms with Crippen LogP contribution in [-0.4, -0.2) is 0 Å². The molecule has 46 heavy (non-hydrogen) atoms. The van der Waals surface area contributed by atoms with Crippen LogP contribution in [0.2, 0.25) is 0 Å². The molecular formula is C43H51IN2. The van der Waals surface area contributed by atoms with Gasteiger partial charge < -0.3 is 9.80 Å². The van der Waals surface area contributed by atoms with E-state index in [1.165, 1.54) is 74.5 Å². The van der Waals surface area contributed by atoms with Crippen LogP contribution in [0.4, 0.5) is 34.1 Å². The maximum Gasteiger partial charge on any atom is 0.0520 e. The zero-order valence-corrected chi connectivity index (χ0v) is 31.3. The Morgan fingerprint density at radius 3 is 1.28 bits per heavy atom. The standard InChI is InChI=1S/C41H45IN2.C2H6/c1-7-9-13-35-26-31(5)41(32(6)27-35)44(37-20-16-34(28-42)17-21-37)39-24-22-38(23-25-39)43(36-18-14-33(8-2)15-19-36)40-29(3)11-10-12-30(40)4;1-2/h10-12,14-27H,7-9,13,28H2,1-6H3;1-2H3. The minimum absolute atomic E-state index is 1.00. The molecule has 0 bridgehead atoms. The summed E-state index contributed by atoms with van der Waals surface area (Å²) in [6.07, 6.45) is 4.60. The first-order chi connectivity index (χ1) is 22.3. The number of para-hydroxylation sites is 1. The number of hydrogen-bond acceptors (Lipinski definition) is 2. The normalized spacial score (nSPS) is 10.7. The lowest BCUT2D eigenvalue weighted by Gasteiger charge is -2.31. The summed E-state index contributed by atoms with van der Waals surface area (Å²) in [5.74, 6) is 0. The molecule has 0 aliphatic rings. The van der Waals surface area contributed by atoms with Gasteiger partial charge in [-0.2, -0.15) is 0 Å². The zero-order valence-electron chi connectivity index (χ0n) is 29.1. The second-order valence-electron chi connectivity index (χ2n) is 11.9. The zero-order chi connectivity index (χ0) is 33.2. The quantitative estimate of drug-likeness (QED) is 0.0989. The summed E-state index contributed by atoms with van der Waals surface area (Å²) in [6, 6.07) is 38.5. The summed E-state index contributed by atoms with van der Waals surface area (Å²) in [7, 11) is 0. The van der Waals surface area contributed by atoms with Crippen molar-refractivity contribution >= 4 is 56.7 Å². The average Bonchev–Trinajstić information content (AvgIpc) is 3.08. The highest BCUT2D eigenvalue weighted by Gasteiger charge is 2.20. The van der Waals surface area contributed by atoms with Gasteiger partial charge in [-0.25, -0.2) is 0 Å². The molecule has 0 aliphatic heterocycles. The monoisotopic (exact) mass is 722 g/mol. The number of anilines is 6. The van der Waals surface area contributed by atoms with Gasteiger partial charge in [-0.3, -0.25) is 0 Å². The number of aryl methyl sites for hydroxylation is 6. The predicted octanol–water partition coefficient (Wildman–Crippen LogP) is 13.7. The molecule has 0 fully saturated rings. The van der Waals surface area contributed by atoms with Gasteiger partial charge in [-0.05, 0) is 134 Å². The molecule has 3 heteroatoms. The first-order valence-electron chi connectivity index (χ1n) is 16.9. The third kappa shape index (κ3) is 8.04. The molecule has 0 saturated carbocycles. The van der Waals surface area contributed by atoms with E-state index in [-0.39, 0.29) is 0 Å². The van der Waals surface area contributed by atoms with Crippen LogP contribution in [0.3, 0.4) is 0 Å². The summed E-state index contributed by atoms with van der Waals surface area (Å²) in [5, 5.41) is 0. The van der Waals surface area contributed by atoms with Crippen molar-refractivity contribution in [1.29, 1.82) is 0 Å². The van der Waals surface area contributed by atoms with Gasteiger partial charge >= 0.3 is 0 Å². The Bertz CT molecular complexity index is 1640. The maximum atomic E-state index is 2.44. The minimum atomic E-state index is 1.00. The van der Waals surface area contributed by atoms with Gasteiger partial charge in [0.1, 0.15) is 0 Å². The summed E-state index contributed by atoms with van der Waals surface area (Å²) in [5.41, 5.74) is 16.4. The number of unbranched alkanes of at least 4 members (excludes halogenated alkanes) is 1. The molecule has 0 heterocycles. The van der Waals surface area contributed by atoms with Crippen molar-refractivity contribution in [2.75, 3.05) is 9.80 Å². The molecule has 5 rings (SSSR count). The molecule has 0 aliphatic carbocycles. The van der Waals surface area contributed by atoms with Crippen LogP contribution in [0, 0.1) is 27.7 Å². The van der Waals surface area contributed by atoms with Gasteiger partial charge in [-0.1, -0.05) is 111 Å². The van der Waals surface area contributed by atoms with Gasteiger partial charge in [0, 0.05) is 27.2 Å². The largest absolute Gasteiger partial charge is 0.310 e. The maximum absolute atomic E-state index is 2.44. The fraction of sp³-hybridized carbons (Fsp3) is 0.302. The summed E-state index contributed by atoms with van der Waals surface area (Å²) in [4.78, 5) is 4.85. The molecule has 240 valence electrons. The lowest BCUT2D eigenvalue weighted by atomic mass is 9.98. The van der Waals surface area contributed by atoms with E-state index < -0.39 is 0 Å². The number of hydrogen-bond donors (Lipinski definition) is 0. The Balaban J connectivity index is 0.00000235. The van der Waals surface area contributed by atoms with Crippen molar-refractivity contribution in [3.63, 3.8) is 0 Å². The van der Waals surface area contributed by atoms with E-state index in [4.69, 9.17) is 0 Å². The molecular weight excluding hydrogens is 671 g/mol. The summed E-state index contributed by atoms with van der Waals surface area (Å²) >= 11 is 2.44. The van der Waals surface area contributed by atoms with E-state index in [2.05, 4.69) is 177 Å². The second kappa shape index (κ2) is 16.8. The van der Waals surface area contributed by atoms with E-state index in [1.54, 1.807) is 0 Å². The molecule has 0 spiro atoms. The van der Waals surface area contributed by atoms with E-state index in [0.717, 1.165) is 28.6 Å². The Labute approximate surface area is 292 Å². The van der Waals surface area contributed by atoms with Crippen molar-refractivity contribution in [2.24, 2.45) is 0 Å². The van der Waals surface area contributed by atoms with Crippen LogP contribution in [-0.2, 0) is 17.3 Å². The fourth-order valence-electron chi connectivity index (χ4n) is 6.26. The lowest BCUT2D eigenvalue weighted by molar-refractivity contribution is 0.794. The van der Waals surface area contributed by atoms with Crippen LogP contribution in [0.15, 0.2) is 103 Å². The van der Waals surface area contributed by atoms with Gasteiger partial charge in [0.15, 0.2) is 0 Å². The molecule has 5 aromatic rings. The second-order valence-corrected chi connectivity index (χ2v) is 12.7. The van der Waals surface area contributed by atoms with Crippen molar-refractivity contribution in [3.05, 3.63) is 142 Å². The molecule has 2 nitrogen and oxygen atoms in total. The Morgan fingerprint density at radius 2 is 0.891 bits per heavy atom. The van der Waals surface area contributed by atoms with Gasteiger partial charge in [0.05, 0.1) is 11.4 Å². The van der Waals surface area contributed by atoms with Gasteiger partial charge in [0.2, 0.25) is 0 Å². The Morgan fingerprint density at radius 1 is 0.500 bits per heavy atom. The summed E-state index contributed by atoms with van der Waals surface area (Å²) in [6.45, 7) is 17.4. The summed E-state index contributed by atoms with van der Waals surface area (Å²) < 4.78 is 1.00. The number of halogens is 1. The SMILES string of the molecule is CC.CCCCc1cc(C)c(N(c2ccc(CI)cc2)c2ccc(N(c3ccc(CC)cc3)c3c(C)cccc3C)cc2)c(C)c1. The van der Waals surface area contributed by atoms with E-state index in [0.29, 0.717) is 0 Å². The highest BCUT2D eigenvalue weighted by atomic mass is 127. The Hall–Kier alpha value is -3.57. The van der Waals surface area contributed by atoms with Gasteiger partial charge in [0.25, 0.3) is 0 Å². The van der Waals surface area contributed by atoms with Crippen molar-refractivity contribution in [3.8, 4) is 0 Å². The molecule has 0 aromatic heterocycles. The van der Waals surface area contributed by atoms with Crippen LogP contribution >= 0.6 is 22.6 Å². The first-order valence-corrected chi connectivity index (χ1v) is 18.5. The van der Waals surface area contributed by atoms with Crippen molar-refractivity contribution in [2.45, 2.75) is 85.5 Å². The van der Waals surface area contributed by atoms with Gasteiger partial charge in [-0.15, -0.1) is 0 Å². The fourth-order valence-corrected chi connectivity index (χ4v) is 6.77. The van der Waals surface area contributed by atoms with Crippen LogP contribution < -0.4 is 9.80 Å². The number of rotatable bonds is 11. The minimum Gasteiger partial charge on any atom is -0.310 e. The number of benzene rings is 5. The topological polar surface area (TPSA) is 6.48 Å². The van der Waals surface area contributed by atoms with E-state index >= 15 is 0 Å². The van der Waals surface area contributed by atoms with Crippen LogP contribution in [0.5, 0.6) is 0 Å². The van der Waals surface area contributed by atoms with Crippen molar-refractivity contribution < 1.29 is 0 Å².